The molecule has 1 unspecified atom stereocenters. The first-order valence-electron chi connectivity index (χ1n) is 8.80. The van der Waals surface area contributed by atoms with Crippen LogP contribution in [-0.4, -0.2) is 54.0 Å². The number of carbonyl (C=O) groups is 1. The molecule has 1 aliphatic rings. The molecule has 0 saturated carbocycles. The van der Waals surface area contributed by atoms with Crippen molar-refractivity contribution in [2.75, 3.05) is 19.4 Å². The number of rotatable bonds is 5. The third-order valence-corrected chi connectivity index (χ3v) is 8.08. The first-order chi connectivity index (χ1) is 13.2. The first kappa shape index (κ1) is 20.7. The molecule has 3 rings (SSSR count). The zero-order valence-corrected chi connectivity index (χ0v) is 17.6. The molecule has 1 heterocycles. The molecule has 0 spiro atoms. The van der Waals surface area contributed by atoms with Gasteiger partial charge in [0.2, 0.25) is 10.0 Å². The molecule has 1 fully saturated rings. The molecule has 28 heavy (non-hydrogen) atoms. The molecule has 0 radical (unpaired) electrons. The maximum absolute atomic E-state index is 13.2. The van der Waals surface area contributed by atoms with E-state index in [1.54, 1.807) is 33.1 Å². The van der Waals surface area contributed by atoms with Gasteiger partial charge in [0, 0.05) is 22.6 Å². The summed E-state index contributed by atoms with van der Waals surface area (Å²) in [4.78, 5) is 11.9. The quantitative estimate of drug-likeness (QED) is 0.797. The van der Waals surface area contributed by atoms with E-state index in [0.29, 0.717) is 11.5 Å². The Morgan fingerprint density at radius 3 is 2.43 bits per heavy atom. The van der Waals surface area contributed by atoms with Crippen LogP contribution < -0.4 is 4.74 Å². The minimum atomic E-state index is -3.93. The minimum Gasteiger partial charge on any atom is -0.496 e. The number of methoxy groups -OCH3 is 1. The van der Waals surface area contributed by atoms with Crippen molar-refractivity contribution >= 4 is 27.8 Å². The molecular formula is C20H23NO5S2. The summed E-state index contributed by atoms with van der Waals surface area (Å²) in [5.74, 6) is 0.111. The summed E-state index contributed by atoms with van der Waals surface area (Å²) < 4.78 is 32.1. The van der Waals surface area contributed by atoms with E-state index in [0.717, 1.165) is 15.4 Å². The van der Waals surface area contributed by atoms with Gasteiger partial charge in [0.25, 0.3) is 0 Å². The average Bonchev–Trinajstić information content (AvgIpc) is 2.66. The molecule has 0 amide bonds. The van der Waals surface area contributed by atoms with Crippen molar-refractivity contribution in [3.63, 3.8) is 0 Å². The third kappa shape index (κ3) is 3.76. The normalized spacial score (nSPS) is 19.9. The number of carboxylic acids is 1. The summed E-state index contributed by atoms with van der Waals surface area (Å²) in [6.45, 7) is 3.70. The molecule has 2 aromatic rings. The van der Waals surface area contributed by atoms with Crippen molar-refractivity contribution < 1.29 is 23.1 Å². The molecule has 1 aliphatic heterocycles. The van der Waals surface area contributed by atoms with Crippen LogP contribution in [0.3, 0.4) is 0 Å². The fourth-order valence-electron chi connectivity index (χ4n) is 3.46. The summed E-state index contributed by atoms with van der Waals surface area (Å²) in [7, 11) is -2.35. The molecular weight excluding hydrogens is 398 g/mol. The lowest BCUT2D eigenvalue weighted by Crippen LogP contribution is -2.58. The largest absolute Gasteiger partial charge is 0.496 e. The fraction of sp³-hybridized carbons (Fsp3) is 0.350. The van der Waals surface area contributed by atoms with Crippen LogP contribution in [0.2, 0.25) is 0 Å². The van der Waals surface area contributed by atoms with Crippen molar-refractivity contribution in [2.24, 2.45) is 0 Å². The zero-order valence-electron chi connectivity index (χ0n) is 16.0. The van der Waals surface area contributed by atoms with Crippen LogP contribution in [0, 0.1) is 0 Å². The number of hydrogen-bond donors (Lipinski definition) is 1. The molecule has 8 heteroatoms. The predicted molar refractivity (Wildman–Crippen MR) is 110 cm³/mol. The highest BCUT2D eigenvalue weighted by molar-refractivity contribution is 8.00. The number of nitrogens with zero attached hydrogens (tertiary/aromatic N) is 1. The Morgan fingerprint density at radius 2 is 1.82 bits per heavy atom. The summed E-state index contributed by atoms with van der Waals surface area (Å²) in [6.07, 6.45) is 0. The van der Waals surface area contributed by atoms with Gasteiger partial charge in [-0.05, 0) is 37.6 Å². The second kappa shape index (κ2) is 7.77. The number of para-hydroxylation sites is 1. The van der Waals surface area contributed by atoms with Crippen LogP contribution in [0.15, 0.2) is 53.4 Å². The van der Waals surface area contributed by atoms with Crippen LogP contribution in [0.25, 0.3) is 11.1 Å². The van der Waals surface area contributed by atoms with Crippen LogP contribution in [-0.2, 0) is 14.8 Å². The Balaban J connectivity index is 1.97. The predicted octanol–water partition coefficient (Wildman–Crippen LogP) is 3.33. The van der Waals surface area contributed by atoms with Gasteiger partial charge in [0.1, 0.15) is 11.8 Å². The zero-order chi connectivity index (χ0) is 20.5. The number of thioether (sulfide) groups is 1. The van der Waals surface area contributed by atoms with Gasteiger partial charge >= 0.3 is 5.97 Å². The van der Waals surface area contributed by atoms with E-state index in [-0.39, 0.29) is 11.4 Å². The third-order valence-electron chi connectivity index (χ3n) is 4.85. The lowest BCUT2D eigenvalue weighted by atomic mass is 10.0. The number of hydrogen-bond acceptors (Lipinski definition) is 5. The van der Waals surface area contributed by atoms with E-state index in [1.807, 2.05) is 24.3 Å². The summed E-state index contributed by atoms with van der Waals surface area (Å²) in [5, 5.41) is 9.67. The van der Waals surface area contributed by atoms with Crippen molar-refractivity contribution in [3.05, 3.63) is 48.5 Å². The second-order valence-corrected chi connectivity index (χ2v) is 10.7. The lowest BCUT2D eigenvalue weighted by molar-refractivity contribution is -0.142. The number of benzene rings is 2. The fourth-order valence-corrected chi connectivity index (χ4v) is 6.55. The molecule has 0 aromatic heterocycles. The molecule has 0 aliphatic carbocycles. The number of aliphatic carboxylic acids is 1. The van der Waals surface area contributed by atoms with E-state index in [9.17, 15) is 18.3 Å². The second-order valence-electron chi connectivity index (χ2n) is 7.03. The molecule has 1 N–H and O–H groups in total. The molecule has 0 bridgehead atoms. The summed E-state index contributed by atoms with van der Waals surface area (Å²) in [6, 6.07) is 12.8. The monoisotopic (exact) mass is 421 g/mol. The van der Waals surface area contributed by atoms with E-state index in [2.05, 4.69) is 0 Å². The standard InChI is InChI=1S/C20H23NO5S2/c1-20(2)18(19(22)23)21(12-13-27-20)28(24,25)15-10-8-14(9-11-15)16-6-4-5-7-17(16)26-3/h4-11,18H,12-13H2,1-3H3,(H,22,23). The van der Waals surface area contributed by atoms with Gasteiger partial charge in [-0.3, -0.25) is 4.79 Å². The van der Waals surface area contributed by atoms with Crippen LogP contribution in [0.5, 0.6) is 5.75 Å². The van der Waals surface area contributed by atoms with Crippen molar-refractivity contribution in [1.29, 1.82) is 0 Å². The van der Waals surface area contributed by atoms with Crippen molar-refractivity contribution in [2.45, 2.75) is 29.5 Å². The highest BCUT2D eigenvalue weighted by atomic mass is 32.2. The van der Waals surface area contributed by atoms with Crippen LogP contribution >= 0.6 is 11.8 Å². The highest BCUT2D eigenvalue weighted by Crippen LogP contribution is 2.38. The Labute approximate surface area is 169 Å². The average molecular weight is 422 g/mol. The minimum absolute atomic E-state index is 0.0834. The Hall–Kier alpha value is -2.03. The molecule has 2 aromatic carbocycles. The lowest BCUT2D eigenvalue weighted by Gasteiger charge is -2.42. The maximum Gasteiger partial charge on any atom is 0.323 e. The van der Waals surface area contributed by atoms with Gasteiger partial charge in [-0.15, -0.1) is 0 Å². The first-order valence-corrected chi connectivity index (χ1v) is 11.2. The molecule has 150 valence electrons. The van der Waals surface area contributed by atoms with E-state index >= 15 is 0 Å². The van der Waals surface area contributed by atoms with Crippen molar-refractivity contribution in [1.82, 2.24) is 4.31 Å². The van der Waals surface area contributed by atoms with E-state index in [4.69, 9.17) is 4.74 Å². The van der Waals surface area contributed by atoms with Crippen LogP contribution in [0.1, 0.15) is 13.8 Å². The smallest absolute Gasteiger partial charge is 0.323 e. The highest BCUT2D eigenvalue weighted by Gasteiger charge is 2.48. The topological polar surface area (TPSA) is 83.9 Å². The Bertz CT molecular complexity index is 970. The maximum atomic E-state index is 13.2. The molecule has 1 atom stereocenters. The van der Waals surface area contributed by atoms with Gasteiger partial charge in [0.05, 0.1) is 12.0 Å². The number of ether oxygens (including phenoxy) is 1. The van der Waals surface area contributed by atoms with Gasteiger partial charge in [-0.1, -0.05) is 30.3 Å². The number of sulfonamides is 1. The summed E-state index contributed by atoms with van der Waals surface area (Å²) >= 11 is 1.47. The Kier molecular flexibility index (Phi) is 5.74. The van der Waals surface area contributed by atoms with E-state index < -0.39 is 26.8 Å². The van der Waals surface area contributed by atoms with Gasteiger partial charge in [0.15, 0.2) is 0 Å². The van der Waals surface area contributed by atoms with Gasteiger partial charge < -0.3 is 9.84 Å². The van der Waals surface area contributed by atoms with Gasteiger partial charge in [-0.25, -0.2) is 8.42 Å². The number of carboxylic acid groups (broad SMARTS) is 1. The molecule has 6 nitrogen and oxygen atoms in total. The van der Waals surface area contributed by atoms with E-state index in [1.165, 1.54) is 23.9 Å². The Morgan fingerprint density at radius 1 is 1.18 bits per heavy atom. The van der Waals surface area contributed by atoms with Gasteiger partial charge in [-0.2, -0.15) is 16.1 Å². The van der Waals surface area contributed by atoms with Crippen LogP contribution in [0.4, 0.5) is 0 Å². The SMILES string of the molecule is COc1ccccc1-c1ccc(S(=O)(=O)N2CCSC(C)(C)C2C(=O)O)cc1. The summed E-state index contributed by atoms with van der Waals surface area (Å²) in [5.41, 5.74) is 1.67. The van der Waals surface area contributed by atoms with Crippen molar-refractivity contribution in [3.8, 4) is 16.9 Å². The molecule has 1 saturated heterocycles.